The van der Waals surface area contributed by atoms with Gasteiger partial charge in [-0.2, -0.15) is 5.26 Å². The summed E-state index contributed by atoms with van der Waals surface area (Å²) in [6, 6.07) is 11.1. The van der Waals surface area contributed by atoms with Crippen LogP contribution in [0.4, 0.5) is 20.3 Å². The number of hydrogen-bond acceptors (Lipinski definition) is 6. The molecule has 0 unspecified atom stereocenters. The lowest BCUT2D eigenvalue weighted by molar-refractivity contribution is -0.153. The molecular formula is C28H30F2N6O4. The van der Waals surface area contributed by atoms with E-state index in [9.17, 15) is 33.2 Å². The number of fused-ring (bicyclic) bond motifs is 2. The van der Waals surface area contributed by atoms with Crippen LogP contribution in [-0.4, -0.2) is 70.0 Å². The van der Waals surface area contributed by atoms with Crippen LogP contribution in [0, 0.1) is 16.7 Å². The van der Waals surface area contributed by atoms with Gasteiger partial charge in [0, 0.05) is 24.8 Å². The molecule has 3 heterocycles. The maximum Gasteiger partial charge on any atom is 0.315 e. The van der Waals surface area contributed by atoms with Crippen LogP contribution < -0.4 is 10.6 Å². The monoisotopic (exact) mass is 552 g/mol. The first kappa shape index (κ1) is 28.6. The average Bonchev–Trinajstić information content (AvgIpc) is 3.43. The molecule has 40 heavy (non-hydrogen) atoms. The normalized spacial score (nSPS) is 20.6. The summed E-state index contributed by atoms with van der Waals surface area (Å²) in [5.74, 6) is -3.68. The number of nitrogens with one attached hydrogen (secondary N) is 2. The van der Waals surface area contributed by atoms with Gasteiger partial charge < -0.3 is 20.4 Å². The van der Waals surface area contributed by atoms with Gasteiger partial charge in [0.05, 0.1) is 18.0 Å². The number of hydrogen-bond donors (Lipinski definition) is 2. The van der Waals surface area contributed by atoms with Gasteiger partial charge in [0.15, 0.2) is 0 Å². The van der Waals surface area contributed by atoms with Crippen molar-refractivity contribution in [3.8, 4) is 6.07 Å². The summed E-state index contributed by atoms with van der Waals surface area (Å²) in [6.45, 7) is 3.94. The Balaban J connectivity index is 1.69. The van der Waals surface area contributed by atoms with Crippen LogP contribution in [0.3, 0.4) is 0 Å². The summed E-state index contributed by atoms with van der Waals surface area (Å²) >= 11 is 0. The van der Waals surface area contributed by atoms with E-state index in [1.54, 1.807) is 57.2 Å². The Morgan fingerprint density at radius 3 is 2.55 bits per heavy atom. The molecule has 4 rings (SSSR count). The number of carbonyl (C=O) groups is 4. The number of para-hydroxylation sites is 1. The molecule has 12 heteroatoms. The highest BCUT2D eigenvalue weighted by molar-refractivity contribution is 6.39. The summed E-state index contributed by atoms with van der Waals surface area (Å²) in [6.07, 6.45) is -1.74. The molecule has 210 valence electrons. The molecule has 1 aromatic heterocycles. The molecule has 10 nitrogen and oxygen atoms in total. The second-order valence-electron chi connectivity index (χ2n) is 11.2. The lowest BCUT2D eigenvalue weighted by Crippen LogP contribution is -2.57. The summed E-state index contributed by atoms with van der Waals surface area (Å²) in [7, 11) is 0. The van der Waals surface area contributed by atoms with E-state index in [0.29, 0.717) is 16.2 Å². The smallest absolute Gasteiger partial charge is 0.315 e. The number of amides is 4. The number of likely N-dealkylation sites (tertiary alicyclic amines) is 1. The maximum absolute atomic E-state index is 14.1. The molecule has 2 aromatic rings. The van der Waals surface area contributed by atoms with Crippen molar-refractivity contribution >= 4 is 35.1 Å². The first-order chi connectivity index (χ1) is 18.9. The predicted octanol–water partition coefficient (Wildman–Crippen LogP) is 2.93. The number of benzene rings is 1. The molecule has 1 fully saturated rings. The van der Waals surface area contributed by atoms with E-state index < -0.39 is 53.6 Å². The number of anilines is 2. The third kappa shape index (κ3) is 5.64. The number of rotatable bonds is 6. The largest absolute Gasteiger partial charge is 0.325 e. The SMILES string of the molecule is CC(C)(C)C[C@@H](C(=O)N1C[C@]2(C[C@H]1C#N)C(=O)Nc1ccccc12)N(CC(F)F)C(=O)C(=O)Nc1ccccn1. The van der Waals surface area contributed by atoms with Crippen molar-refractivity contribution in [1.82, 2.24) is 14.8 Å². The van der Waals surface area contributed by atoms with E-state index in [0.717, 1.165) is 0 Å². The van der Waals surface area contributed by atoms with Crippen LogP contribution in [0.5, 0.6) is 0 Å². The highest BCUT2D eigenvalue weighted by Crippen LogP contribution is 2.46. The summed E-state index contributed by atoms with van der Waals surface area (Å²) in [5, 5.41) is 15.1. The molecule has 0 saturated carbocycles. The van der Waals surface area contributed by atoms with Crippen molar-refractivity contribution in [2.75, 3.05) is 23.7 Å². The molecule has 3 atom stereocenters. The maximum atomic E-state index is 14.1. The predicted molar refractivity (Wildman–Crippen MR) is 141 cm³/mol. The van der Waals surface area contributed by atoms with Gasteiger partial charge in [-0.3, -0.25) is 19.2 Å². The van der Waals surface area contributed by atoms with Crippen molar-refractivity contribution in [3.05, 3.63) is 54.2 Å². The molecule has 1 aromatic carbocycles. The first-order valence-corrected chi connectivity index (χ1v) is 12.8. The highest BCUT2D eigenvalue weighted by Gasteiger charge is 2.57. The average molecular weight is 553 g/mol. The molecular weight excluding hydrogens is 522 g/mol. The van der Waals surface area contributed by atoms with Gasteiger partial charge in [0.25, 0.3) is 6.43 Å². The second kappa shape index (κ2) is 11.0. The van der Waals surface area contributed by atoms with Gasteiger partial charge in [0.2, 0.25) is 11.8 Å². The zero-order valence-electron chi connectivity index (χ0n) is 22.4. The number of nitrogens with zero attached hydrogens (tertiary/aromatic N) is 4. The standard InChI is InChI=1S/C28H30F2N6O4/c1-27(2,3)13-20(35(15-21(29)30)25(39)23(37)34-22-10-6-7-11-32-22)24(38)36-16-28(12-17(36)14-31)18-8-4-5-9-19(18)33-26(28)40/h4-11,17,20-21H,12-13,15-16H2,1-3H3,(H,33,40)(H,32,34,37)/t17-,20-,28-/m0/s1. The number of alkyl halides is 2. The number of halogens is 2. The fourth-order valence-electron chi connectivity index (χ4n) is 5.33. The van der Waals surface area contributed by atoms with Crippen LogP contribution >= 0.6 is 0 Å². The van der Waals surface area contributed by atoms with E-state index >= 15 is 0 Å². The van der Waals surface area contributed by atoms with E-state index in [1.165, 1.54) is 17.2 Å². The van der Waals surface area contributed by atoms with E-state index in [-0.39, 0.29) is 31.1 Å². The van der Waals surface area contributed by atoms with Crippen molar-refractivity contribution in [2.24, 2.45) is 5.41 Å². The molecule has 2 N–H and O–H groups in total. The Morgan fingerprint density at radius 1 is 1.23 bits per heavy atom. The zero-order chi connectivity index (χ0) is 29.2. The van der Waals surface area contributed by atoms with E-state index in [4.69, 9.17) is 0 Å². The minimum atomic E-state index is -3.05. The van der Waals surface area contributed by atoms with Gasteiger partial charge in [0.1, 0.15) is 17.9 Å². The Labute approximate surface area is 230 Å². The molecule has 0 bridgehead atoms. The van der Waals surface area contributed by atoms with Gasteiger partial charge in [-0.1, -0.05) is 45.0 Å². The van der Waals surface area contributed by atoms with Crippen molar-refractivity contribution in [2.45, 2.75) is 57.5 Å². The number of carbonyl (C=O) groups excluding carboxylic acids is 4. The molecule has 0 aliphatic carbocycles. The second-order valence-corrected chi connectivity index (χ2v) is 11.2. The van der Waals surface area contributed by atoms with Gasteiger partial charge in [-0.05, 0) is 35.6 Å². The first-order valence-electron chi connectivity index (χ1n) is 12.8. The lowest BCUT2D eigenvalue weighted by atomic mass is 9.80. The minimum Gasteiger partial charge on any atom is -0.325 e. The molecule has 1 spiro atoms. The fourth-order valence-corrected chi connectivity index (χ4v) is 5.33. The molecule has 0 radical (unpaired) electrons. The summed E-state index contributed by atoms with van der Waals surface area (Å²) in [5.41, 5.74) is -0.633. The Kier molecular flexibility index (Phi) is 7.86. The zero-order valence-corrected chi connectivity index (χ0v) is 22.4. The third-order valence-electron chi connectivity index (χ3n) is 7.08. The van der Waals surface area contributed by atoms with Crippen LogP contribution in [0.1, 0.15) is 39.2 Å². The van der Waals surface area contributed by atoms with Crippen LogP contribution in [-0.2, 0) is 24.6 Å². The summed E-state index contributed by atoms with van der Waals surface area (Å²) < 4.78 is 27.6. The van der Waals surface area contributed by atoms with Gasteiger partial charge >= 0.3 is 11.8 Å². The quantitative estimate of drug-likeness (QED) is 0.529. The van der Waals surface area contributed by atoms with Gasteiger partial charge in [-0.15, -0.1) is 0 Å². The topological polar surface area (TPSA) is 136 Å². The molecule has 2 aliphatic heterocycles. The van der Waals surface area contributed by atoms with Crippen molar-refractivity contribution in [1.29, 1.82) is 5.26 Å². The highest BCUT2D eigenvalue weighted by atomic mass is 19.3. The van der Waals surface area contributed by atoms with Crippen LogP contribution in [0.2, 0.25) is 0 Å². The summed E-state index contributed by atoms with van der Waals surface area (Å²) in [4.78, 5) is 59.1. The number of pyridine rings is 1. The lowest BCUT2D eigenvalue weighted by Gasteiger charge is -2.37. The Hall–Kier alpha value is -4.40. The van der Waals surface area contributed by atoms with E-state index in [2.05, 4.69) is 21.7 Å². The minimum absolute atomic E-state index is 0.00325. The molecule has 2 aliphatic rings. The van der Waals surface area contributed by atoms with Crippen molar-refractivity contribution < 1.29 is 28.0 Å². The Morgan fingerprint density at radius 2 is 1.93 bits per heavy atom. The number of aromatic nitrogens is 1. The van der Waals surface area contributed by atoms with Crippen molar-refractivity contribution in [3.63, 3.8) is 0 Å². The number of nitriles is 1. The Bertz CT molecular complexity index is 1360. The molecule has 1 saturated heterocycles. The molecule has 4 amide bonds. The van der Waals surface area contributed by atoms with Crippen LogP contribution in [0.15, 0.2) is 48.7 Å². The van der Waals surface area contributed by atoms with E-state index in [1.807, 2.05) is 0 Å². The fraction of sp³-hybridized carbons (Fsp3) is 0.429. The van der Waals surface area contributed by atoms with Gasteiger partial charge in [-0.25, -0.2) is 13.8 Å². The van der Waals surface area contributed by atoms with Crippen LogP contribution in [0.25, 0.3) is 0 Å². The third-order valence-corrected chi connectivity index (χ3v) is 7.08.